The highest BCUT2D eigenvalue weighted by atomic mass is 32.2. The Morgan fingerprint density at radius 3 is 2.44 bits per heavy atom. The monoisotopic (exact) mass is 478 g/mol. The molecule has 1 amide bonds. The second-order valence-electron chi connectivity index (χ2n) is 8.26. The van der Waals surface area contributed by atoms with E-state index in [4.69, 9.17) is 0 Å². The quantitative estimate of drug-likeness (QED) is 0.315. The van der Waals surface area contributed by atoms with Crippen LogP contribution in [0.5, 0.6) is 0 Å². The van der Waals surface area contributed by atoms with Crippen molar-refractivity contribution in [3.05, 3.63) is 96.4 Å². The summed E-state index contributed by atoms with van der Waals surface area (Å²) in [5.41, 5.74) is 1.86. The summed E-state index contributed by atoms with van der Waals surface area (Å²) < 4.78 is 41.9. The lowest BCUT2D eigenvalue weighted by Crippen LogP contribution is -2.34. The predicted molar refractivity (Wildman–Crippen MR) is 133 cm³/mol. The molecule has 0 saturated heterocycles. The molecule has 0 aliphatic rings. The molecule has 0 N–H and O–H groups in total. The van der Waals surface area contributed by atoms with Crippen LogP contribution in [0.3, 0.4) is 0 Å². The number of hydrogen-bond donors (Lipinski definition) is 0. The lowest BCUT2D eigenvalue weighted by molar-refractivity contribution is -0.119. The molecule has 34 heavy (non-hydrogen) atoms. The highest BCUT2D eigenvalue weighted by molar-refractivity contribution is 7.90. The number of aromatic nitrogens is 1. The van der Waals surface area contributed by atoms with Gasteiger partial charge in [-0.05, 0) is 42.3 Å². The molecule has 0 radical (unpaired) electrons. The summed E-state index contributed by atoms with van der Waals surface area (Å²) in [6.45, 7) is 2.67. The molecule has 0 aliphatic carbocycles. The molecule has 0 atom stereocenters. The summed E-state index contributed by atoms with van der Waals surface area (Å²) in [7, 11) is -3.77. The van der Waals surface area contributed by atoms with Gasteiger partial charge in [0.15, 0.2) is 9.84 Å². The predicted octanol–water partition coefficient (Wildman–Crippen LogP) is 5.59. The van der Waals surface area contributed by atoms with Crippen LogP contribution in [-0.4, -0.2) is 25.4 Å². The lowest BCUT2D eigenvalue weighted by Gasteiger charge is -2.23. The van der Waals surface area contributed by atoms with Crippen molar-refractivity contribution in [1.29, 1.82) is 0 Å². The summed E-state index contributed by atoms with van der Waals surface area (Å²) in [6.07, 6.45) is 3.34. The van der Waals surface area contributed by atoms with Crippen LogP contribution in [0.25, 0.3) is 10.9 Å². The number of halogens is 1. The maximum atomic E-state index is 13.6. The van der Waals surface area contributed by atoms with E-state index in [-0.39, 0.29) is 23.1 Å². The van der Waals surface area contributed by atoms with E-state index < -0.39 is 15.7 Å². The van der Waals surface area contributed by atoms with Crippen LogP contribution >= 0.6 is 0 Å². The second-order valence-corrected chi connectivity index (χ2v) is 10.2. The number of carbonyl (C=O) groups is 1. The standard InChI is InChI=1S/C27H27FN2O3S/c1-2-3-16-30(23-12-5-4-6-13-23)27(31)19-29-18-26(24-14-7-8-15-25(24)29)34(32,33)20-21-10-9-11-22(28)17-21/h4-15,17-18H,2-3,16,19-20H2,1H3. The molecular formula is C27H27FN2O3S. The van der Waals surface area contributed by atoms with Gasteiger partial charge in [0.25, 0.3) is 0 Å². The summed E-state index contributed by atoms with van der Waals surface area (Å²) >= 11 is 0. The first-order chi connectivity index (χ1) is 16.4. The van der Waals surface area contributed by atoms with Crippen LogP contribution in [0.2, 0.25) is 0 Å². The van der Waals surface area contributed by atoms with E-state index in [0.717, 1.165) is 18.5 Å². The fourth-order valence-electron chi connectivity index (χ4n) is 4.07. The molecule has 1 aromatic heterocycles. The van der Waals surface area contributed by atoms with Gasteiger partial charge < -0.3 is 9.47 Å². The number of fused-ring (bicyclic) bond motifs is 1. The van der Waals surface area contributed by atoms with Gasteiger partial charge >= 0.3 is 0 Å². The molecule has 5 nitrogen and oxygen atoms in total. The third kappa shape index (κ3) is 5.20. The highest BCUT2D eigenvalue weighted by Crippen LogP contribution is 2.28. The zero-order valence-electron chi connectivity index (χ0n) is 19.0. The van der Waals surface area contributed by atoms with Crippen LogP contribution in [0.1, 0.15) is 25.3 Å². The van der Waals surface area contributed by atoms with E-state index in [1.807, 2.05) is 42.5 Å². The largest absolute Gasteiger partial charge is 0.337 e. The van der Waals surface area contributed by atoms with Gasteiger partial charge in [-0.25, -0.2) is 12.8 Å². The first kappa shape index (κ1) is 23.7. The molecule has 7 heteroatoms. The smallest absolute Gasteiger partial charge is 0.246 e. The molecule has 176 valence electrons. The number of sulfone groups is 1. The third-order valence-corrected chi connectivity index (χ3v) is 7.45. The zero-order valence-corrected chi connectivity index (χ0v) is 19.8. The topological polar surface area (TPSA) is 59.4 Å². The maximum absolute atomic E-state index is 13.6. The molecule has 3 aromatic carbocycles. The minimum absolute atomic E-state index is 0.00854. The SMILES string of the molecule is CCCCN(C(=O)Cn1cc(S(=O)(=O)Cc2cccc(F)c2)c2ccccc21)c1ccccc1. The van der Waals surface area contributed by atoms with E-state index >= 15 is 0 Å². The van der Waals surface area contributed by atoms with Gasteiger partial charge in [-0.3, -0.25) is 4.79 Å². The number of hydrogen-bond acceptors (Lipinski definition) is 3. The number of benzene rings is 3. The number of para-hydroxylation sites is 2. The Morgan fingerprint density at radius 1 is 0.971 bits per heavy atom. The Morgan fingerprint density at radius 2 is 1.71 bits per heavy atom. The first-order valence-corrected chi connectivity index (χ1v) is 12.9. The molecule has 0 bridgehead atoms. The number of nitrogens with zero attached hydrogens (tertiary/aromatic N) is 2. The minimum atomic E-state index is -3.77. The molecule has 4 aromatic rings. The average Bonchev–Trinajstić information content (AvgIpc) is 3.19. The molecule has 1 heterocycles. The van der Waals surface area contributed by atoms with E-state index in [1.165, 1.54) is 24.4 Å². The van der Waals surface area contributed by atoms with Crippen molar-refractivity contribution < 1.29 is 17.6 Å². The Kier molecular flexibility index (Phi) is 7.12. The number of unbranched alkanes of at least 4 members (excludes halogenated alkanes) is 1. The lowest BCUT2D eigenvalue weighted by atomic mass is 10.2. The van der Waals surface area contributed by atoms with Gasteiger partial charge in [0.1, 0.15) is 12.4 Å². The number of rotatable bonds is 9. The number of carbonyl (C=O) groups excluding carboxylic acids is 1. The normalized spacial score (nSPS) is 11.6. The zero-order chi connectivity index (χ0) is 24.1. The van der Waals surface area contributed by atoms with Crippen molar-refractivity contribution in [1.82, 2.24) is 4.57 Å². The van der Waals surface area contributed by atoms with Crippen LogP contribution in [0, 0.1) is 5.82 Å². The van der Waals surface area contributed by atoms with Crippen LogP contribution < -0.4 is 4.90 Å². The number of amides is 1. The molecule has 0 fully saturated rings. The molecular weight excluding hydrogens is 451 g/mol. The van der Waals surface area contributed by atoms with Crippen molar-refractivity contribution in [3.63, 3.8) is 0 Å². The summed E-state index contributed by atoms with van der Waals surface area (Å²) in [6, 6.07) is 22.2. The van der Waals surface area contributed by atoms with Crippen LogP contribution in [0.15, 0.2) is 90.0 Å². The molecule has 0 aliphatic heterocycles. The van der Waals surface area contributed by atoms with Gasteiger partial charge in [-0.15, -0.1) is 0 Å². The van der Waals surface area contributed by atoms with E-state index in [0.29, 0.717) is 23.0 Å². The van der Waals surface area contributed by atoms with Gasteiger partial charge in [0.2, 0.25) is 5.91 Å². The van der Waals surface area contributed by atoms with Gasteiger partial charge in [0, 0.05) is 29.3 Å². The molecule has 4 rings (SSSR count). The van der Waals surface area contributed by atoms with E-state index in [9.17, 15) is 17.6 Å². The van der Waals surface area contributed by atoms with Crippen LogP contribution in [-0.2, 0) is 26.9 Å². The summed E-state index contributed by atoms with van der Waals surface area (Å²) in [5, 5.41) is 0.548. The minimum Gasteiger partial charge on any atom is -0.337 e. The van der Waals surface area contributed by atoms with E-state index in [2.05, 4.69) is 6.92 Å². The third-order valence-electron chi connectivity index (χ3n) is 5.74. The molecule has 0 saturated carbocycles. The Balaban J connectivity index is 1.68. The molecule has 0 unspecified atom stereocenters. The van der Waals surface area contributed by atoms with Crippen molar-refractivity contribution in [3.8, 4) is 0 Å². The fourth-order valence-corrected chi connectivity index (χ4v) is 5.64. The van der Waals surface area contributed by atoms with Crippen molar-refractivity contribution in [2.75, 3.05) is 11.4 Å². The molecule has 0 spiro atoms. The first-order valence-electron chi connectivity index (χ1n) is 11.3. The Hall–Kier alpha value is -3.45. The highest BCUT2D eigenvalue weighted by Gasteiger charge is 2.24. The van der Waals surface area contributed by atoms with Crippen molar-refractivity contribution in [2.24, 2.45) is 0 Å². The Labute approximate surface area is 199 Å². The van der Waals surface area contributed by atoms with E-state index in [1.54, 1.807) is 27.7 Å². The second kappa shape index (κ2) is 10.2. The van der Waals surface area contributed by atoms with Crippen molar-refractivity contribution in [2.45, 2.75) is 37.0 Å². The maximum Gasteiger partial charge on any atom is 0.246 e. The number of anilines is 1. The summed E-state index contributed by atoms with van der Waals surface area (Å²) in [5.74, 6) is -0.914. The van der Waals surface area contributed by atoms with Crippen molar-refractivity contribution >= 4 is 32.3 Å². The van der Waals surface area contributed by atoms with Crippen LogP contribution in [0.4, 0.5) is 10.1 Å². The summed E-state index contributed by atoms with van der Waals surface area (Å²) in [4.78, 5) is 15.3. The fraction of sp³-hybridized carbons (Fsp3) is 0.222. The average molecular weight is 479 g/mol. The van der Waals surface area contributed by atoms with Gasteiger partial charge in [0.05, 0.1) is 10.6 Å². The van der Waals surface area contributed by atoms with Gasteiger partial charge in [-0.1, -0.05) is 61.9 Å². The van der Waals surface area contributed by atoms with Gasteiger partial charge in [-0.2, -0.15) is 0 Å². The Bertz CT molecular complexity index is 1400.